The first-order valence-corrected chi connectivity index (χ1v) is 8.40. The maximum atomic E-state index is 12.7. The minimum atomic E-state index is -3.55. The molecule has 0 aliphatic carbocycles. The van der Waals surface area contributed by atoms with Gasteiger partial charge in [0.1, 0.15) is 11.5 Å². The standard InChI is InChI=1S/C16H17NO4S/c1-21-15-4-6-16(7-5-15)22(19,20)17-9-8-12-2-3-14(18)10-13(12)11-17/h2-7,10,18H,8-9,11H2,1H3. The number of methoxy groups -OCH3 is 1. The van der Waals surface area contributed by atoms with E-state index in [4.69, 9.17) is 4.74 Å². The number of rotatable bonds is 3. The van der Waals surface area contributed by atoms with Crippen LogP contribution in [0.3, 0.4) is 0 Å². The van der Waals surface area contributed by atoms with Crippen LogP contribution < -0.4 is 4.74 Å². The van der Waals surface area contributed by atoms with Crippen LogP contribution in [-0.2, 0) is 23.0 Å². The van der Waals surface area contributed by atoms with Crippen molar-refractivity contribution in [3.8, 4) is 11.5 Å². The SMILES string of the molecule is COc1ccc(S(=O)(=O)N2CCc3ccc(O)cc3C2)cc1. The fraction of sp³-hybridized carbons (Fsp3) is 0.250. The van der Waals surface area contributed by atoms with Crippen molar-refractivity contribution < 1.29 is 18.3 Å². The minimum absolute atomic E-state index is 0.155. The summed E-state index contributed by atoms with van der Waals surface area (Å²) in [6.07, 6.45) is 0.644. The molecule has 2 aromatic rings. The molecule has 1 aliphatic heterocycles. The Morgan fingerprint density at radius 3 is 2.50 bits per heavy atom. The Morgan fingerprint density at radius 1 is 1.09 bits per heavy atom. The maximum Gasteiger partial charge on any atom is 0.243 e. The first-order chi connectivity index (χ1) is 10.5. The highest BCUT2D eigenvalue weighted by Crippen LogP contribution is 2.27. The predicted octanol–water partition coefficient (Wildman–Crippen LogP) is 2.15. The second-order valence-electron chi connectivity index (χ2n) is 5.22. The van der Waals surface area contributed by atoms with Crippen LogP contribution in [0.5, 0.6) is 11.5 Å². The summed E-state index contributed by atoms with van der Waals surface area (Å²) in [4.78, 5) is 0.247. The Labute approximate surface area is 129 Å². The molecule has 6 heteroatoms. The molecule has 116 valence electrons. The minimum Gasteiger partial charge on any atom is -0.508 e. The molecule has 1 heterocycles. The molecule has 2 aromatic carbocycles. The first-order valence-electron chi connectivity index (χ1n) is 6.95. The largest absolute Gasteiger partial charge is 0.508 e. The van der Waals surface area contributed by atoms with Crippen LogP contribution in [0.4, 0.5) is 0 Å². The molecule has 0 bridgehead atoms. The normalized spacial score (nSPS) is 15.3. The molecule has 0 saturated heterocycles. The lowest BCUT2D eigenvalue weighted by atomic mass is 10.0. The van der Waals surface area contributed by atoms with Gasteiger partial charge in [-0.2, -0.15) is 4.31 Å². The third kappa shape index (κ3) is 2.67. The van der Waals surface area contributed by atoms with Gasteiger partial charge in [-0.05, 0) is 53.9 Å². The highest BCUT2D eigenvalue weighted by atomic mass is 32.2. The van der Waals surface area contributed by atoms with Gasteiger partial charge in [0, 0.05) is 13.1 Å². The molecule has 1 N–H and O–H groups in total. The number of phenols is 1. The lowest BCUT2D eigenvalue weighted by Gasteiger charge is -2.28. The summed E-state index contributed by atoms with van der Waals surface area (Å²) in [6.45, 7) is 0.713. The smallest absolute Gasteiger partial charge is 0.243 e. The van der Waals surface area contributed by atoms with E-state index >= 15 is 0 Å². The second-order valence-corrected chi connectivity index (χ2v) is 7.16. The Morgan fingerprint density at radius 2 is 1.82 bits per heavy atom. The van der Waals surface area contributed by atoms with Crippen molar-refractivity contribution in [3.05, 3.63) is 53.6 Å². The van der Waals surface area contributed by atoms with Crippen molar-refractivity contribution in [1.82, 2.24) is 4.31 Å². The summed E-state index contributed by atoms with van der Waals surface area (Å²) in [5, 5.41) is 9.57. The van der Waals surface area contributed by atoms with E-state index in [1.54, 1.807) is 36.4 Å². The number of phenolic OH excluding ortho intramolecular Hbond substituents is 1. The van der Waals surface area contributed by atoms with Crippen LogP contribution in [0, 0.1) is 0 Å². The van der Waals surface area contributed by atoms with E-state index in [9.17, 15) is 13.5 Å². The van der Waals surface area contributed by atoms with Gasteiger partial charge in [-0.3, -0.25) is 0 Å². The summed E-state index contributed by atoms with van der Waals surface area (Å²) in [7, 11) is -2.01. The van der Waals surface area contributed by atoms with E-state index in [0.29, 0.717) is 18.7 Å². The van der Waals surface area contributed by atoms with Crippen molar-refractivity contribution in [1.29, 1.82) is 0 Å². The zero-order valence-electron chi connectivity index (χ0n) is 12.2. The molecule has 0 fully saturated rings. The van der Waals surface area contributed by atoms with Gasteiger partial charge in [0.2, 0.25) is 10.0 Å². The molecule has 0 spiro atoms. The van der Waals surface area contributed by atoms with E-state index in [2.05, 4.69) is 0 Å². The zero-order valence-corrected chi connectivity index (χ0v) is 13.0. The van der Waals surface area contributed by atoms with Gasteiger partial charge in [-0.15, -0.1) is 0 Å². The van der Waals surface area contributed by atoms with Crippen molar-refractivity contribution in [2.24, 2.45) is 0 Å². The van der Waals surface area contributed by atoms with Crippen molar-refractivity contribution in [2.45, 2.75) is 17.9 Å². The number of hydrogen-bond acceptors (Lipinski definition) is 4. The highest BCUT2D eigenvalue weighted by Gasteiger charge is 2.28. The number of benzene rings is 2. The fourth-order valence-electron chi connectivity index (χ4n) is 2.62. The van der Waals surface area contributed by atoms with Gasteiger partial charge in [0.15, 0.2) is 0 Å². The van der Waals surface area contributed by atoms with Crippen LogP contribution in [0.1, 0.15) is 11.1 Å². The van der Waals surface area contributed by atoms with Gasteiger partial charge < -0.3 is 9.84 Å². The number of sulfonamides is 1. The van der Waals surface area contributed by atoms with Gasteiger partial charge in [-0.1, -0.05) is 6.07 Å². The first kappa shape index (κ1) is 14.9. The summed E-state index contributed by atoms with van der Waals surface area (Å²) >= 11 is 0. The summed E-state index contributed by atoms with van der Waals surface area (Å²) < 4.78 is 31.9. The number of hydrogen-bond donors (Lipinski definition) is 1. The van der Waals surface area contributed by atoms with E-state index in [1.807, 2.05) is 6.07 Å². The monoisotopic (exact) mass is 319 g/mol. The fourth-order valence-corrected chi connectivity index (χ4v) is 4.04. The van der Waals surface area contributed by atoms with Gasteiger partial charge in [-0.25, -0.2) is 8.42 Å². The van der Waals surface area contributed by atoms with Crippen molar-refractivity contribution >= 4 is 10.0 Å². The van der Waals surface area contributed by atoms with Crippen LogP contribution in [0.2, 0.25) is 0 Å². The molecule has 5 nitrogen and oxygen atoms in total. The van der Waals surface area contributed by atoms with Crippen molar-refractivity contribution in [3.63, 3.8) is 0 Å². The van der Waals surface area contributed by atoms with E-state index in [1.165, 1.54) is 11.4 Å². The molecule has 0 aromatic heterocycles. The molecule has 0 radical (unpaired) electrons. The van der Waals surface area contributed by atoms with Gasteiger partial charge in [0.25, 0.3) is 0 Å². The molecule has 0 atom stereocenters. The quantitative estimate of drug-likeness (QED) is 0.941. The van der Waals surface area contributed by atoms with Crippen LogP contribution >= 0.6 is 0 Å². The molecule has 0 unspecified atom stereocenters. The van der Waals surface area contributed by atoms with Gasteiger partial charge >= 0.3 is 0 Å². The highest BCUT2D eigenvalue weighted by molar-refractivity contribution is 7.89. The third-order valence-corrected chi connectivity index (χ3v) is 5.72. The number of aromatic hydroxyl groups is 1. The Balaban J connectivity index is 1.90. The second kappa shape index (κ2) is 5.62. The molecule has 3 rings (SSSR count). The van der Waals surface area contributed by atoms with E-state index in [0.717, 1.165) is 11.1 Å². The van der Waals surface area contributed by atoms with E-state index in [-0.39, 0.29) is 17.2 Å². The Hall–Kier alpha value is -2.05. The zero-order chi connectivity index (χ0) is 15.7. The molecule has 0 saturated carbocycles. The number of fused-ring (bicyclic) bond motifs is 1. The Bertz CT molecular complexity index is 784. The average molecular weight is 319 g/mol. The van der Waals surface area contributed by atoms with Gasteiger partial charge in [0.05, 0.1) is 12.0 Å². The molecular weight excluding hydrogens is 302 g/mol. The topological polar surface area (TPSA) is 66.8 Å². The summed E-state index contributed by atoms with van der Waals surface area (Å²) in [5.41, 5.74) is 1.93. The number of ether oxygens (including phenoxy) is 1. The maximum absolute atomic E-state index is 12.7. The average Bonchev–Trinajstić information content (AvgIpc) is 2.54. The van der Waals surface area contributed by atoms with Crippen LogP contribution in [0.25, 0.3) is 0 Å². The lowest BCUT2D eigenvalue weighted by molar-refractivity contribution is 0.388. The molecule has 0 amide bonds. The summed E-state index contributed by atoms with van der Waals surface area (Å²) in [5.74, 6) is 0.773. The Kier molecular flexibility index (Phi) is 3.80. The van der Waals surface area contributed by atoms with Crippen molar-refractivity contribution in [2.75, 3.05) is 13.7 Å². The van der Waals surface area contributed by atoms with E-state index < -0.39 is 10.0 Å². The van der Waals surface area contributed by atoms with Crippen LogP contribution in [0.15, 0.2) is 47.4 Å². The molecule has 22 heavy (non-hydrogen) atoms. The third-order valence-electron chi connectivity index (χ3n) is 3.86. The summed E-state index contributed by atoms with van der Waals surface area (Å²) in [6, 6.07) is 11.5. The van der Waals surface area contributed by atoms with Crippen LogP contribution in [-0.4, -0.2) is 31.5 Å². The number of nitrogens with zero attached hydrogens (tertiary/aromatic N) is 1. The predicted molar refractivity (Wildman–Crippen MR) is 82.4 cm³/mol. The molecular formula is C16H17NO4S. The lowest BCUT2D eigenvalue weighted by Crippen LogP contribution is -2.35. The molecule has 1 aliphatic rings.